The van der Waals surface area contributed by atoms with Crippen LogP contribution in [0.1, 0.15) is 5.56 Å². The van der Waals surface area contributed by atoms with Crippen molar-refractivity contribution in [3.8, 4) is 22.6 Å². The number of carbonyl (C=O) groups excluding carboxylic acids is 1. The molecular formula is C22H15F3N4O3. The topological polar surface area (TPSA) is 86.1 Å². The van der Waals surface area contributed by atoms with Gasteiger partial charge in [0.1, 0.15) is 6.33 Å². The number of hydrogen-bond donors (Lipinski definition) is 1. The number of hydrogen-bond acceptors (Lipinski definition) is 5. The van der Waals surface area contributed by atoms with Crippen molar-refractivity contribution in [1.29, 1.82) is 0 Å². The first-order chi connectivity index (χ1) is 15.3. The molecule has 0 fully saturated rings. The van der Waals surface area contributed by atoms with E-state index in [1.807, 2.05) is 13.0 Å². The zero-order valence-electron chi connectivity index (χ0n) is 16.6. The summed E-state index contributed by atoms with van der Waals surface area (Å²) in [5, 5.41) is 2.47. The maximum atomic E-state index is 13.0. The molecule has 0 atom stereocenters. The lowest BCUT2D eigenvalue weighted by molar-refractivity contribution is -0.274. The number of nitrogens with zero attached hydrogens (tertiary/aromatic N) is 3. The molecule has 0 saturated heterocycles. The zero-order valence-corrected chi connectivity index (χ0v) is 16.6. The molecule has 2 aromatic heterocycles. The third-order valence-corrected chi connectivity index (χ3v) is 4.79. The second-order valence-corrected chi connectivity index (χ2v) is 6.83. The molecule has 7 nitrogen and oxygen atoms in total. The maximum Gasteiger partial charge on any atom is 0.573 e. The third kappa shape index (κ3) is 4.15. The van der Waals surface area contributed by atoms with Gasteiger partial charge in [0.25, 0.3) is 5.56 Å². The van der Waals surface area contributed by atoms with Crippen LogP contribution in [0.2, 0.25) is 0 Å². The maximum absolute atomic E-state index is 13.0. The number of halogens is 3. The first-order valence-electron chi connectivity index (χ1n) is 9.29. The van der Waals surface area contributed by atoms with E-state index in [0.29, 0.717) is 10.9 Å². The van der Waals surface area contributed by atoms with Crippen molar-refractivity contribution in [3.63, 3.8) is 0 Å². The minimum absolute atomic E-state index is 0.204. The van der Waals surface area contributed by atoms with Gasteiger partial charge >= 0.3 is 6.36 Å². The van der Waals surface area contributed by atoms with Crippen molar-refractivity contribution in [1.82, 2.24) is 14.5 Å². The van der Waals surface area contributed by atoms with Gasteiger partial charge in [-0.15, -0.1) is 13.2 Å². The summed E-state index contributed by atoms with van der Waals surface area (Å²) in [6, 6.07) is 10.5. The molecule has 1 amide bonds. The third-order valence-electron chi connectivity index (χ3n) is 4.79. The molecule has 0 aliphatic carbocycles. The molecule has 4 rings (SSSR count). The van der Waals surface area contributed by atoms with Gasteiger partial charge in [0.05, 0.1) is 22.3 Å². The number of benzene rings is 2. The van der Waals surface area contributed by atoms with Crippen LogP contribution in [-0.4, -0.2) is 27.3 Å². The first-order valence-corrected chi connectivity index (χ1v) is 9.29. The predicted octanol–water partition coefficient (Wildman–Crippen LogP) is 4.22. The van der Waals surface area contributed by atoms with E-state index in [1.54, 1.807) is 30.6 Å². The van der Waals surface area contributed by atoms with Crippen LogP contribution in [0.4, 0.5) is 18.9 Å². The average molecular weight is 440 g/mol. The lowest BCUT2D eigenvalue weighted by atomic mass is 10.0. The molecule has 162 valence electrons. The fourth-order valence-electron chi connectivity index (χ4n) is 3.30. The molecule has 0 saturated carbocycles. The molecule has 2 heterocycles. The SMILES string of the molecule is Cc1ccncc1-c1ccc2c(=O)n(-c3ccc(OC(F)(F)F)c(NC=O)c3)cnc2c1. The number of anilines is 1. The van der Waals surface area contributed by atoms with E-state index in [9.17, 15) is 22.8 Å². The summed E-state index contributed by atoms with van der Waals surface area (Å²) in [6.45, 7) is 1.95. The van der Waals surface area contributed by atoms with Crippen molar-refractivity contribution in [3.05, 3.63) is 77.1 Å². The molecular weight excluding hydrogens is 425 g/mol. The molecule has 0 spiro atoms. The van der Waals surface area contributed by atoms with Crippen molar-refractivity contribution >= 4 is 23.0 Å². The lowest BCUT2D eigenvalue weighted by Gasteiger charge is -2.15. The highest BCUT2D eigenvalue weighted by molar-refractivity contribution is 5.84. The number of rotatable bonds is 5. The smallest absolute Gasteiger partial charge is 0.404 e. The summed E-state index contributed by atoms with van der Waals surface area (Å²) in [4.78, 5) is 32.3. The van der Waals surface area contributed by atoms with E-state index in [4.69, 9.17) is 0 Å². The minimum atomic E-state index is -4.94. The average Bonchev–Trinajstić information content (AvgIpc) is 2.75. The molecule has 2 aromatic carbocycles. The Kier molecular flexibility index (Phi) is 5.35. The van der Waals surface area contributed by atoms with Crippen molar-refractivity contribution in [2.75, 3.05) is 5.32 Å². The highest BCUT2D eigenvalue weighted by Crippen LogP contribution is 2.32. The number of aryl methyl sites for hydroxylation is 1. The highest BCUT2D eigenvalue weighted by atomic mass is 19.4. The van der Waals surface area contributed by atoms with Crippen molar-refractivity contribution < 1.29 is 22.7 Å². The molecule has 0 aliphatic heterocycles. The van der Waals surface area contributed by atoms with E-state index in [-0.39, 0.29) is 17.8 Å². The van der Waals surface area contributed by atoms with Crippen LogP contribution in [0.3, 0.4) is 0 Å². The molecule has 0 unspecified atom stereocenters. The first kappa shape index (κ1) is 21.0. The van der Waals surface area contributed by atoms with Gasteiger partial charge in [-0.25, -0.2) is 4.98 Å². The largest absolute Gasteiger partial charge is 0.573 e. The Morgan fingerprint density at radius 2 is 1.94 bits per heavy atom. The molecule has 0 bridgehead atoms. The minimum Gasteiger partial charge on any atom is -0.404 e. The number of fused-ring (bicyclic) bond motifs is 1. The monoisotopic (exact) mass is 440 g/mol. The van der Waals surface area contributed by atoms with Crippen LogP contribution in [0, 0.1) is 6.92 Å². The summed E-state index contributed by atoms with van der Waals surface area (Å²) < 4.78 is 42.9. The van der Waals surface area contributed by atoms with Crippen LogP contribution >= 0.6 is 0 Å². The predicted molar refractivity (Wildman–Crippen MR) is 112 cm³/mol. The molecule has 0 radical (unpaired) electrons. The Labute approximate surface area is 179 Å². The second kappa shape index (κ2) is 8.14. The summed E-state index contributed by atoms with van der Waals surface area (Å²) >= 11 is 0. The number of nitrogens with one attached hydrogen (secondary N) is 1. The van der Waals surface area contributed by atoms with Crippen LogP contribution in [0.25, 0.3) is 27.7 Å². The van der Waals surface area contributed by atoms with Gasteiger partial charge in [0.2, 0.25) is 6.41 Å². The van der Waals surface area contributed by atoms with E-state index in [2.05, 4.69) is 20.0 Å². The normalized spacial score (nSPS) is 11.4. The van der Waals surface area contributed by atoms with Crippen molar-refractivity contribution in [2.45, 2.75) is 13.3 Å². The van der Waals surface area contributed by atoms with Gasteiger partial charge in [-0.2, -0.15) is 0 Å². The Balaban J connectivity index is 1.78. The number of pyridine rings is 1. The lowest BCUT2D eigenvalue weighted by Crippen LogP contribution is -2.20. The Hall–Kier alpha value is -4.21. The van der Waals surface area contributed by atoms with Crippen LogP contribution in [0.5, 0.6) is 5.75 Å². The highest BCUT2D eigenvalue weighted by Gasteiger charge is 2.32. The van der Waals surface area contributed by atoms with E-state index < -0.39 is 17.7 Å². The second-order valence-electron chi connectivity index (χ2n) is 6.83. The summed E-state index contributed by atoms with van der Waals surface area (Å²) in [6.07, 6.45) is -0.0352. The van der Waals surface area contributed by atoms with E-state index in [0.717, 1.165) is 22.8 Å². The van der Waals surface area contributed by atoms with Gasteiger partial charge in [-0.05, 0) is 54.4 Å². The molecule has 10 heteroatoms. The van der Waals surface area contributed by atoms with Crippen LogP contribution < -0.4 is 15.6 Å². The molecule has 0 aliphatic rings. The van der Waals surface area contributed by atoms with Crippen molar-refractivity contribution in [2.24, 2.45) is 0 Å². The number of amides is 1. The number of ether oxygens (including phenoxy) is 1. The van der Waals surface area contributed by atoms with Crippen LogP contribution in [0.15, 0.2) is 66.0 Å². The summed E-state index contributed by atoms with van der Waals surface area (Å²) in [7, 11) is 0. The number of carbonyl (C=O) groups is 1. The van der Waals surface area contributed by atoms with Gasteiger partial charge in [-0.1, -0.05) is 6.07 Å². The van der Waals surface area contributed by atoms with E-state index in [1.165, 1.54) is 23.0 Å². The Morgan fingerprint density at radius 3 is 2.66 bits per heavy atom. The van der Waals surface area contributed by atoms with Gasteiger partial charge in [0, 0.05) is 18.0 Å². The fraction of sp³-hybridized carbons (Fsp3) is 0.0909. The molecule has 1 N–H and O–H groups in total. The van der Waals surface area contributed by atoms with Gasteiger partial charge in [0.15, 0.2) is 5.75 Å². The fourth-order valence-corrected chi connectivity index (χ4v) is 3.30. The summed E-state index contributed by atoms with van der Waals surface area (Å²) in [5.74, 6) is -0.605. The van der Waals surface area contributed by atoms with E-state index >= 15 is 0 Å². The van der Waals surface area contributed by atoms with Crippen LogP contribution in [-0.2, 0) is 4.79 Å². The Bertz CT molecular complexity index is 1380. The number of aromatic nitrogens is 3. The summed E-state index contributed by atoms with van der Waals surface area (Å²) in [5.41, 5.74) is 2.76. The molecule has 32 heavy (non-hydrogen) atoms. The standard InChI is InChI=1S/C22H15F3N4O3/c1-13-6-7-26-10-17(13)14-2-4-16-18(8-14)27-11-29(21(16)31)15-3-5-20(32-22(23,24)25)19(9-15)28-12-30/h2-12H,1H3,(H,28,30). The molecule has 4 aromatic rings. The Morgan fingerprint density at radius 1 is 1.12 bits per heavy atom. The zero-order chi connectivity index (χ0) is 22.9. The number of alkyl halides is 3. The van der Waals surface area contributed by atoms with Gasteiger partial charge < -0.3 is 10.1 Å². The van der Waals surface area contributed by atoms with Gasteiger partial charge in [-0.3, -0.25) is 19.1 Å². The quantitative estimate of drug-likeness (QED) is 0.470.